The largest absolute Gasteiger partial charge is 0.420 e. The van der Waals surface area contributed by atoms with Gasteiger partial charge < -0.3 is 9.53 Å². The SMILES string of the molecule is CO.CO[Si](C)(C)CCCN=C=O.C[Si](C)(Cl)CCCN=C=O. The van der Waals surface area contributed by atoms with Gasteiger partial charge >= 0.3 is 0 Å². The van der Waals surface area contributed by atoms with Crippen LogP contribution in [-0.2, 0) is 14.0 Å². The molecule has 23 heavy (non-hydrogen) atoms. The number of halogens is 1. The van der Waals surface area contributed by atoms with Gasteiger partial charge in [-0.05, 0) is 38.0 Å². The van der Waals surface area contributed by atoms with Crippen molar-refractivity contribution < 1.29 is 19.1 Å². The van der Waals surface area contributed by atoms with Crippen molar-refractivity contribution in [1.29, 1.82) is 0 Å². The molecule has 1 N–H and O–H groups in total. The van der Waals surface area contributed by atoms with Crippen molar-refractivity contribution in [3.63, 3.8) is 0 Å². The van der Waals surface area contributed by atoms with Crippen molar-refractivity contribution in [3.8, 4) is 0 Å². The van der Waals surface area contributed by atoms with Gasteiger partial charge in [-0.2, -0.15) is 11.1 Å². The van der Waals surface area contributed by atoms with Crippen LogP contribution in [0.5, 0.6) is 0 Å². The Morgan fingerprint density at radius 1 is 0.957 bits per heavy atom. The maximum atomic E-state index is 9.69. The molecule has 0 amide bonds. The first kappa shape index (κ1) is 27.3. The molecule has 0 fully saturated rings. The van der Waals surface area contributed by atoms with Gasteiger partial charge in [0.05, 0.1) is 13.1 Å². The van der Waals surface area contributed by atoms with E-state index < -0.39 is 15.7 Å². The van der Waals surface area contributed by atoms with Crippen LogP contribution in [0.4, 0.5) is 0 Å². The van der Waals surface area contributed by atoms with Gasteiger partial charge in [0.1, 0.15) is 0 Å². The molecule has 0 aliphatic rings. The molecule has 0 saturated carbocycles. The molecular weight excluding hydrogens is 352 g/mol. The number of hydrogen-bond donors (Lipinski definition) is 1. The highest BCUT2D eigenvalue weighted by molar-refractivity contribution is 7.19. The molecule has 0 aromatic heterocycles. The summed E-state index contributed by atoms with van der Waals surface area (Å²) < 4.78 is 5.32. The van der Waals surface area contributed by atoms with Crippen LogP contribution in [0.15, 0.2) is 9.98 Å². The van der Waals surface area contributed by atoms with Gasteiger partial charge in [0, 0.05) is 14.2 Å². The maximum absolute atomic E-state index is 9.69. The van der Waals surface area contributed by atoms with Crippen LogP contribution in [0.2, 0.25) is 38.3 Å². The molecule has 0 aromatic rings. The lowest BCUT2D eigenvalue weighted by atomic mass is 10.5. The van der Waals surface area contributed by atoms with Gasteiger partial charge in [-0.25, -0.2) is 19.6 Å². The molecular formula is C14H31ClN2O4Si2. The van der Waals surface area contributed by atoms with E-state index in [1.165, 1.54) is 12.2 Å². The predicted molar refractivity (Wildman–Crippen MR) is 101 cm³/mol. The van der Waals surface area contributed by atoms with Crippen LogP contribution < -0.4 is 0 Å². The number of isocyanates is 2. The monoisotopic (exact) mass is 382 g/mol. The average molecular weight is 383 g/mol. The Kier molecular flexibility index (Phi) is 21.0. The first-order valence-corrected chi connectivity index (χ1v) is 14.8. The Balaban J connectivity index is -0.000000315. The van der Waals surface area contributed by atoms with E-state index in [9.17, 15) is 9.59 Å². The number of aliphatic hydroxyl groups is 1. The topological polar surface area (TPSA) is 88.3 Å². The molecule has 0 radical (unpaired) electrons. The minimum atomic E-state index is -1.42. The van der Waals surface area contributed by atoms with E-state index in [0.717, 1.165) is 32.0 Å². The molecule has 0 heterocycles. The van der Waals surface area contributed by atoms with Crippen molar-refractivity contribution in [2.75, 3.05) is 27.3 Å². The van der Waals surface area contributed by atoms with Gasteiger partial charge in [-0.15, -0.1) is 0 Å². The average Bonchev–Trinajstić information content (AvgIpc) is 2.50. The second-order valence-corrected chi connectivity index (χ2v) is 17.3. The van der Waals surface area contributed by atoms with E-state index >= 15 is 0 Å². The highest BCUT2D eigenvalue weighted by Crippen LogP contribution is 2.15. The van der Waals surface area contributed by atoms with Gasteiger partial charge in [0.15, 0.2) is 15.7 Å². The van der Waals surface area contributed by atoms with E-state index in [4.69, 9.17) is 20.6 Å². The Morgan fingerprint density at radius 2 is 1.35 bits per heavy atom. The third-order valence-corrected chi connectivity index (χ3v) is 7.54. The number of rotatable bonds is 9. The van der Waals surface area contributed by atoms with Crippen molar-refractivity contribution in [3.05, 3.63) is 0 Å². The zero-order valence-corrected chi connectivity index (χ0v) is 17.9. The lowest BCUT2D eigenvalue weighted by Gasteiger charge is -2.18. The maximum Gasteiger partial charge on any atom is 0.234 e. The summed E-state index contributed by atoms with van der Waals surface area (Å²) >= 11 is 6.01. The van der Waals surface area contributed by atoms with E-state index in [0.29, 0.717) is 13.1 Å². The van der Waals surface area contributed by atoms with E-state index in [-0.39, 0.29) is 0 Å². The second-order valence-electron chi connectivity index (χ2n) is 5.84. The highest BCUT2D eigenvalue weighted by atomic mass is 35.6. The Labute approximate surface area is 146 Å². The molecule has 136 valence electrons. The quantitative estimate of drug-likeness (QED) is 0.218. The summed E-state index contributed by atoms with van der Waals surface area (Å²) in [5.41, 5.74) is 0. The first-order valence-electron chi connectivity index (χ1n) is 7.44. The predicted octanol–water partition coefficient (Wildman–Crippen LogP) is 3.33. The van der Waals surface area contributed by atoms with Crippen molar-refractivity contribution in [1.82, 2.24) is 0 Å². The van der Waals surface area contributed by atoms with Crippen molar-refractivity contribution >= 4 is 38.9 Å². The summed E-state index contributed by atoms with van der Waals surface area (Å²) in [6, 6.07) is 2.06. The molecule has 0 aromatic carbocycles. The minimum absolute atomic E-state index is 0.576. The van der Waals surface area contributed by atoms with Crippen molar-refractivity contribution in [2.24, 2.45) is 9.98 Å². The zero-order valence-electron chi connectivity index (χ0n) is 15.2. The number of aliphatic hydroxyl groups excluding tert-OH is 1. The Hall–Kier alpha value is -0.596. The molecule has 0 rings (SSSR count). The van der Waals surface area contributed by atoms with Gasteiger partial charge in [0.2, 0.25) is 12.2 Å². The third-order valence-electron chi connectivity index (χ3n) is 2.77. The highest BCUT2D eigenvalue weighted by Gasteiger charge is 2.19. The summed E-state index contributed by atoms with van der Waals surface area (Å²) in [7, 11) is -0.0966. The number of nitrogens with zero attached hydrogens (tertiary/aromatic N) is 2. The molecule has 0 bridgehead atoms. The van der Waals surface area contributed by atoms with Gasteiger partial charge in [-0.3, -0.25) is 0 Å². The lowest BCUT2D eigenvalue weighted by molar-refractivity contribution is 0.399. The molecule has 0 unspecified atom stereocenters. The fraction of sp³-hybridized carbons (Fsp3) is 0.857. The van der Waals surface area contributed by atoms with Crippen LogP contribution >= 0.6 is 11.1 Å². The fourth-order valence-electron chi connectivity index (χ4n) is 1.36. The molecule has 6 nitrogen and oxygen atoms in total. The standard InChI is InChI=1S/C7H15NO2Si.C6H12ClNOSi.CH4O/c1-10-11(2,3)6-4-5-8-7-9;1-10(2,7)5-3-4-8-6-9;1-2/h4-6H2,1-3H3;3-5H2,1-2H3;2H,1H3. The number of carbonyl (C=O) groups excluding carboxylic acids is 2. The summed E-state index contributed by atoms with van der Waals surface area (Å²) in [5.74, 6) is 0. The summed E-state index contributed by atoms with van der Waals surface area (Å²) in [5, 5.41) is 7.00. The van der Waals surface area contributed by atoms with Gasteiger partial charge in [-0.1, -0.05) is 13.1 Å². The zero-order chi connectivity index (χ0) is 18.8. The van der Waals surface area contributed by atoms with Crippen LogP contribution in [0.25, 0.3) is 0 Å². The number of aliphatic imine (C=N–C) groups is 2. The van der Waals surface area contributed by atoms with E-state index in [2.05, 4.69) is 36.2 Å². The second kappa shape index (κ2) is 17.8. The van der Waals surface area contributed by atoms with E-state index in [1.807, 2.05) is 0 Å². The Bertz CT molecular complexity index is 364. The normalized spacial score (nSPS) is 10.1. The molecule has 0 aliphatic carbocycles. The van der Waals surface area contributed by atoms with Crippen LogP contribution in [0.1, 0.15) is 12.8 Å². The first-order chi connectivity index (χ1) is 10.7. The minimum Gasteiger partial charge on any atom is -0.420 e. The summed E-state index contributed by atoms with van der Waals surface area (Å²) in [6.07, 6.45) is 4.87. The molecule has 0 spiro atoms. The van der Waals surface area contributed by atoms with Crippen LogP contribution in [0.3, 0.4) is 0 Å². The summed E-state index contributed by atoms with van der Waals surface area (Å²) in [6.45, 7) is 9.63. The lowest BCUT2D eigenvalue weighted by Crippen LogP contribution is -2.28. The fourth-order valence-corrected chi connectivity index (χ4v) is 3.97. The number of hydrogen-bond acceptors (Lipinski definition) is 6. The molecule has 0 atom stereocenters. The van der Waals surface area contributed by atoms with Crippen LogP contribution in [-0.4, -0.2) is 60.3 Å². The summed E-state index contributed by atoms with van der Waals surface area (Å²) in [4.78, 5) is 26.2. The molecule has 9 heteroatoms. The smallest absolute Gasteiger partial charge is 0.234 e. The third kappa shape index (κ3) is 29.9. The molecule has 0 saturated heterocycles. The Morgan fingerprint density at radius 3 is 1.65 bits per heavy atom. The van der Waals surface area contributed by atoms with Gasteiger partial charge in [0.25, 0.3) is 0 Å². The van der Waals surface area contributed by atoms with Crippen LogP contribution in [0, 0.1) is 0 Å². The van der Waals surface area contributed by atoms with E-state index in [1.54, 1.807) is 7.11 Å². The van der Waals surface area contributed by atoms with Crippen molar-refractivity contribution in [2.45, 2.75) is 51.1 Å². The molecule has 0 aliphatic heterocycles.